The highest BCUT2D eigenvalue weighted by molar-refractivity contribution is 5.86. The number of halogens is 4. The molecule has 1 aromatic carbocycles. The third-order valence-electron chi connectivity index (χ3n) is 2.40. The zero-order valence-corrected chi connectivity index (χ0v) is 9.51. The number of rotatable bonds is 3. The maximum atomic E-state index is 12.8. The summed E-state index contributed by atoms with van der Waals surface area (Å²) in [6, 6.07) is 5.17. The van der Waals surface area contributed by atoms with E-state index in [2.05, 4.69) is 0 Å². The van der Waals surface area contributed by atoms with E-state index in [1.54, 1.807) is 0 Å². The van der Waals surface area contributed by atoms with Crippen LogP contribution in [0.15, 0.2) is 24.3 Å². The highest BCUT2D eigenvalue weighted by atomic mass is 19.4. The molecule has 0 heterocycles. The molecule has 0 radical (unpaired) electrons. The Kier molecular flexibility index (Phi) is 3.95. The van der Waals surface area contributed by atoms with E-state index >= 15 is 0 Å². The molecule has 0 aliphatic heterocycles. The Hall–Kier alpha value is -1.63. The largest absolute Gasteiger partial charge is 0.415 e. The Morgan fingerprint density at radius 2 is 2.00 bits per heavy atom. The van der Waals surface area contributed by atoms with Crippen molar-refractivity contribution in [1.29, 1.82) is 0 Å². The van der Waals surface area contributed by atoms with Crippen LogP contribution in [0.3, 0.4) is 0 Å². The number of carbonyl (C=O) groups excluding carboxylic acids is 1. The number of benzene rings is 1. The van der Waals surface area contributed by atoms with E-state index in [-0.39, 0.29) is 6.54 Å². The zero-order chi connectivity index (χ0) is 14.0. The van der Waals surface area contributed by atoms with Gasteiger partial charge in [-0.2, -0.15) is 13.2 Å². The lowest BCUT2D eigenvalue weighted by Gasteiger charge is -2.26. The van der Waals surface area contributed by atoms with Gasteiger partial charge in [-0.05, 0) is 24.6 Å². The number of nitrogens with two attached hydrogens (primary N) is 1. The van der Waals surface area contributed by atoms with Crippen LogP contribution in [0, 0.1) is 5.82 Å². The highest BCUT2D eigenvalue weighted by Crippen LogP contribution is 2.27. The molecule has 0 saturated heterocycles. The lowest BCUT2D eigenvalue weighted by atomic mass is 10.0. The lowest BCUT2D eigenvalue weighted by Crippen LogP contribution is -2.61. The van der Waals surface area contributed by atoms with E-state index in [1.807, 2.05) is 5.32 Å². The molecular weight excluding hydrogens is 252 g/mol. The van der Waals surface area contributed by atoms with Gasteiger partial charge in [0.15, 0.2) is 5.54 Å². The van der Waals surface area contributed by atoms with E-state index in [4.69, 9.17) is 5.73 Å². The number of hydrogen-bond donors (Lipinski definition) is 2. The van der Waals surface area contributed by atoms with E-state index in [9.17, 15) is 22.4 Å². The molecule has 100 valence electrons. The molecule has 3 nitrogen and oxygen atoms in total. The molecule has 1 atom stereocenters. The van der Waals surface area contributed by atoms with Crippen molar-refractivity contribution >= 4 is 5.91 Å². The average molecular weight is 264 g/mol. The summed E-state index contributed by atoms with van der Waals surface area (Å²) in [7, 11) is 0. The smallest absolute Gasteiger partial charge is 0.350 e. The summed E-state index contributed by atoms with van der Waals surface area (Å²) in [6.45, 7) is 0.355. The first-order valence-electron chi connectivity index (χ1n) is 5.03. The first-order valence-corrected chi connectivity index (χ1v) is 5.03. The number of alkyl halides is 3. The number of hydrogen-bond acceptors (Lipinski definition) is 2. The van der Waals surface area contributed by atoms with Crippen LogP contribution in [0.5, 0.6) is 0 Å². The van der Waals surface area contributed by atoms with Gasteiger partial charge >= 0.3 is 6.18 Å². The fourth-order valence-corrected chi connectivity index (χ4v) is 1.14. The molecule has 3 N–H and O–H groups in total. The predicted molar refractivity (Wildman–Crippen MR) is 56.9 cm³/mol. The molecule has 7 heteroatoms. The maximum absolute atomic E-state index is 12.8. The summed E-state index contributed by atoms with van der Waals surface area (Å²) < 4.78 is 50.1. The van der Waals surface area contributed by atoms with Gasteiger partial charge in [-0.25, -0.2) is 4.39 Å². The van der Waals surface area contributed by atoms with Crippen LogP contribution in [-0.4, -0.2) is 17.6 Å². The Bertz CT molecular complexity index is 443. The van der Waals surface area contributed by atoms with Gasteiger partial charge in [0.05, 0.1) is 0 Å². The van der Waals surface area contributed by atoms with E-state index in [1.165, 1.54) is 18.2 Å². The van der Waals surface area contributed by atoms with Crippen molar-refractivity contribution in [1.82, 2.24) is 5.32 Å². The molecule has 0 bridgehead atoms. The van der Waals surface area contributed by atoms with Gasteiger partial charge in [-0.1, -0.05) is 12.1 Å². The van der Waals surface area contributed by atoms with Crippen LogP contribution in [0.1, 0.15) is 12.5 Å². The third kappa shape index (κ3) is 3.19. The quantitative estimate of drug-likeness (QED) is 0.817. The molecule has 0 spiro atoms. The van der Waals surface area contributed by atoms with E-state index in [0.29, 0.717) is 12.5 Å². The second-order valence-electron chi connectivity index (χ2n) is 4.01. The Morgan fingerprint density at radius 3 is 2.50 bits per heavy atom. The first-order chi connectivity index (χ1) is 8.14. The molecule has 1 amide bonds. The molecule has 1 aromatic rings. The summed E-state index contributed by atoms with van der Waals surface area (Å²) in [5, 5.41) is 2.02. The molecule has 0 aromatic heterocycles. The fraction of sp³-hybridized carbons (Fsp3) is 0.364. The van der Waals surface area contributed by atoms with Gasteiger partial charge in [0, 0.05) is 6.54 Å². The van der Waals surface area contributed by atoms with Crippen LogP contribution in [0.25, 0.3) is 0 Å². The molecule has 0 saturated carbocycles. The standard InChI is InChI=1S/C11H12F4N2O/c1-10(16,11(13,14)15)9(18)17-6-7-3-2-4-8(12)5-7/h2-5H,6,16H2,1H3,(H,17,18). The van der Waals surface area contributed by atoms with Crippen LogP contribution in [0.4, 0.5) is 17.6 Å². The molecular formula is C11H12F4N2O. The van der Waals surface area contributed by atoms with Crippen LogP contribution in [-0.2, 0) is 11.3 Å². The second kappa shape index (κ2) is 4.93. The van der Waals surface area contributed by atoms with Crippen molar-refractivity contribution in [3.05, 3.63) is 35.6 Å². The topological polar surface area (TPSA) is 55.1 Å². The predicted octanol–water partition coefficient (Wildman–Crippen LogP) is 1.72. The number of amides is 1. The van der Waals surface area contributed by atoms with Crippen LogP contribution in [0.2, 0.25) is 0 Å². The minimum absolute atomic E-state index is 0.223. The molecule has 1 unspecified atom stereocenters. The van der Waals surface area contributed by atoms with Gasteiger partial charge in [-0.3, -0.25) is 4.79 Å². The van der Waals surface area contributed by atoms with Gasteiger partial charge in [0.2, 0.25) is 5.91 Å². The summed E-state index contributed by atoms with van der Waals surface area (Å²) in [4.78, 5) is 11.3. The fourth-order valence-electron chi connectivity index (χ4n) is 1.14. The van der Waals surface area contributed by atoms with Crippen molar-refractivity contribution in [2.75, 3.05) is 0 Å². The summed E-state index contributed by atoms with van der Waals surface area (Å²) in [6.07, 6.45) is -4.85. The van der Waals surface area contributed by atoms with Crippen LogP contribution >= 0.6 is 0 Å². The summed E-state index contributed by atoms with van der Waals surface area (Å²) in [5.74, 6) is -1.90. The molecule has 0 aliphatic carbocycles. The summed E-state index contributed by atoms with van der Waals surface area (Å²) >= 11 is 0. The minimum Gasteiger partial charge on any atom is -0.350 e. The first kappa shape index (κ1) is 14.4. The van der Waals surface area contributed by atoms with Gasteiger partial charge in [0.25, 0.3) is 0 Å². The van der Waals surface area contributed by atoms with Crippen molar-refractivity contribution < 1.29 is 22.4 Å². The Balaban J connectivity index is 2.67. The van der Waals surface area contributed by atoms with E-state index < -0.39 is 23.4 Å². The molecule has 1 rings (SSSR count). The van der Waals surface area contributed by atoms with Gasteiger partial charge < -0.3 is 11.1 Å². The third-order valence-corrected chi connectivity index (χ3v) is 2.40. The van der Waals surface area contributed by atoms with E-state index in [0.717, 1.165) is 6.07 Å². The highest BCUT2D eigenvalue weighted by Gasteiger charge is 2.53. The normalized spacial score (nSPS) is 15.0. The second-order valence-corrected chi connectivity index (χ2v) is 4.01. The zero-order valence-electron chi connectivity index (χ0n) is 9.51. The molecule has 18 heavy (non-hydrogen) atoms. The van der Waals surface area contributed by atoms with Crippen molar-refractivity contribution in [3.8, 4) is 0 Å². The van der Waals surface area contributed by atoms with Crippen molar-refractivity contribution in [2.24, 2.45) is 5.73 Å². The van der Waals surface area contributed by atoms with Crippen LogP contribution < -0.4 is 11.1 Å². The Morgan fingerprint density at radius 1 is 1.39 bits per heavy atom. The number of carbonyl (C=O) groups is 1. The summed E-state index contributed by atoms with van der Waals surface area (Å²) in [5.41, 5.74) is 2.30. The van der Waals surface area contributed by atoms with Crippen molar-refractivity contribution in [2.45, 2.75) is 25.2 Å². The maximum Gasteiger partial charge on any atom is 0.415 e. The molecule has 0 fully saturated rings. The Labute approximate surface area is 101 Å². The monoisotopic (exact) mass is 264 g/mol. The van der Waals surface area contributed by atoms with Gasteiger partial charge in [0.1, 0.15) is 5.82 Å². The average Bonchev–Trinajstić information content (AvgIpc) is 2.24. The SMILES string of the molecule is CC(N)(C(=O)NCc1cccc(F)c1)C(F)(F)F. The number of nitrogens with one attached hydrogen (secondary N) is 1. The minimum atomic E-state index is -4.85. The molecule has 0 aliphatic rings. The van der Waals surface area contributed by atoms with Gasteiger partial charge in [-0.15, -0.1) is 0 Å². The lowest BCUT2D eigenvalue weighted by molar-refractivity contribution is -0.187. The van der Waals surface area contributed by atoms with Crippen molar-refractivity contribution in [3.63, 3.8) is 0 Å².